The molecule has 0 unspecified atom stereocenters. The molecule has 0 spiro atoms. The average molecular weight is 320 g/mol. The van der Waals surface area contributed by atoms with Crippen molar-refractivity contribution in [2.45, 2.75) is 43.5 Å². The van der Waals surface area contributed by atoms with E-state index in [2.05, 4.69) is 30.5 Å². The van der Waals surface area contributed by atoms with Crippen molar-refractivity contribution in [2.24, 2.45) is 0 Å². The maximum atomic E-state index is 12.0. The number of thiophene rings is 1. The highest BCUT2D eigenvalue weighted by Crippen LogP contribution is 2.21. The minimum Gasteiger partial charge on any atom is -0.391 e. The van der Waals surface area contributed by atoms with Gasteiger partial charge in [0, 0.05) is 17.5 Å². The monoisotopic (exact) mass is 320 g/mol. The van der Waals surface area contributed by atoms with Gasteiger partial charge in [-0.05, 0) is 52.4 Å². The van der Waals surface area contributed by atoms with Crippen LogP contribution in [0, 0.1) is 0 Å². The van der Waals surface area contributed by atoms with Gasteiger partial charge in [-0.2, -0.15) is 0 Å². The topological polar surface area (TPSA) is 69.6 Å². The molecule has 0 aromatic carbocycles. The van der Waals surface area contributed by atoms with Crippen LogP contribution in [0.2, 0.25) is 0 Å². The lowest BCUT2D eigenvalue weighted by atomic mass is 10.2. The third-order valence-electron chi connectivity index (χ3n) is 3.17. The lowest BCUT2D eigenvalue weighted by Gasteiger charge is -2.20. The number of aliphatic hydroxyl groups excluding tert-OH is 1. The van der Waals surface area contributed by atoms with Gasteiger partial charge in [0.1, 0.15) is 4.21 Å². The second-order valence-electron chi connectivity index (χ2n) is 5.06. The summed E-state index contributed by atoms with van der Waals surface area (Å²) in [6, 6.07) is 3.68. The Kier molecular flexibility index (Phi) is 7.11. The Labute approximate surface area is 125 Å². The average Bonchev–Trinajstić information content (AvgIpc) is 2.87. The molecule has 2 N–H and O–H groups in total. The predicted octanol–water partition coefficient (Wildman–Crippen LogP) is 1.64. The van der Waals surface area contributed by atoms with Crippen LogP contribution in [0.5, 0.6) is 0 Å². The first kappa shape index (κ1) is 17.6. The molecule has 0 radical (unpaired) electrons. The third kappa shape index (κ3) is 5.49. The van der Waals surface area contributed by atoms with Gasteiger partial charge in [0.2, 0.25) is 10.0 Å². The summed E-state index contributed by atoms with van der Waals surface area (Å²) >= 11 is 1.10. The number of sulfonamides is 1. The van der Waals surface area contributed by atoms with E-state index in [-0.39, 0.29) is 10.8 Å². The maximum Gasteiger partial charge on any atom is 0.250 e. The molecule has 0 saturated heterocycles. The van der Waals surface area contributed by atoms with Crippen molar-refractivity contribution >= 4 is 21.4 Å². The maximum absolute atomic E-state index is 12.0. The molecule has 1 aromatic rings. The molecule has 0 fully saturated rings. The van der Waals surface area contributed by atoms with Crippen LogP contribution in [0.3, 0.4) is 0 Å². The number of rotatable bonds is 9. The highest BCUT2D eigenvalue weighted by atomic mass is 32.2. The Morgan fingerprint density at radius 1 is 1.35 bits per heavy atom. The van der Waals surface area contributed by atoms with Crippen LogP contribution >= 0.6 is 11.3 Å². The van der Waals surface area contributed by atoms with Gasteiger partial charge < -0.3 is 10.0 Å². The summed E-state index contributed by atoms with van der Waals surface area (Å²) < 4.78 is 26.8. The van der Waals surface area contributed by atoms with Crippen LogP contribution in [0.25, 0.3) is 0 Å². The van der Waals surface area contributed by atoms with Crippen molar-refractivity contribution in [3.63, 3.8) is 0 Å². The molecule has 0 atom stereocenters. The normalized spacial score (nSPS) is 12.5. The molecule has 20 heavy (non-hydrogen) atoms. The molecule has 7 heteroatoms. The smallest absolute Gasteiger partial charge is 0.250 e. The number of hydrogen-bond acceptors (Lipinski definition) is 5. The van der Waals surface area contributed by atoms with Crippen LogP contribution in [-0.4, -0.2) is 44.6 Å². The molecule has 1 aromatic heterocycles. The second-order valence-corrected chi connectivity index (χ2v) is 8.22. The first-order valence-electron chi connectivity index (χ1n) is 6.76. The molecule has 0 aliphatic carbocycles. The standard InChI is InChI=1S/C13H24N2O3S2/c1-11(2)15(3)9-5-4-8-14-20(17,18)13-7-6-12(10-16)19-13/h6-7,11,14,16H,4-5,8-10H2,1-3H3. The molecule has 0 bridgehead atoms. The highest BCUT2D eigenvalue weighted by Gasteiger charge is 2.15. The molecular weight excluding hydrogens is 296 g/mol. The van der Waals surface area contributed by atoms with Crippen molar-refractivity contribution in [1.29, 1.82) is 0 Å². The molecule has 5 nitrogen and oxygen atoms in total. The summed E-state index contributed by atoms with van der Waals surface area (Å²) in [5.74, 6) is 0. The first-order valence-corrected chi connectivity index (χ1v) is 9.06. The number of nitrogens with zero attached hydrogens (tertiary/aromatic N) is 1. The molecule has 116 valence electrons. The van der Waals surface area contributed by atoms with E-state index in [0.29, 0.717) is 17.5 Å². The Morgan fingerprint density at radius 2 is 2.05 bits per heavy atom. The van der Waals surface area contributed by atoms with E-state index in [1.165, 1.54) is 6.07 Å². The summed E-state index contributed by atoms with van der Waals surface area (Å²) in [6.45, 7) is 5.56. The Morgan fingerprint density at radius 3 is 2.60 bits per heavy atom. The minimum atomic E-state index is -3.42. The van der Waals surface area contributed by atoms with Crippen molar-refractivity contribution in [3.8, 4) is 0 Å². The molecule has 0 aliphatic rings. The summed E-state index contributed by atoms with van der Waals surface area (Å²) in [7, 11) is -1.36. The van der Waals surface area contributed by atoms with Gasteiger partial charge in [0.05, 0.1) is 6.61 Å². The van der Waals surface area contributed by atoms with Gasteiger partial charge in [-0.25, -0.2) is 13.1 Å². The quantitative estimate of drug-likeness (QED) is 0.679. The number of hydrogen-bond donors (Lipinski definition) is 2. The van der Waals surface area contributed by atoms with Gasteiger partial charge >= 0.3 is 0 Å². The van der Waals surface area contributed by atoms with Gasteiger partial charge in [-0.3, -0.25) is 0 Å². The predicted molar refractivity (Wildman–Crippen MR) is 82.4 cm³/mol. The lowest BCUT2D eigenvalue weighted by Crippen LogP contribution is -2.28. The zero-order valence-corrected chi connectivity index (χ0v) is 13.9. The minimum absolute atomic E-state index is 0.123. The second kappa shape index (κ2) is 8.09. The Hall–Kier alpha value is -0.470. The van der Waals surface area contributed by atoms with Gasteiger partial charge in [0.25, 0.3) is 0 Å². The zero-order chi connectivity index (χ0) is 15.2. The third-order valence-corrected chi connectivity index (χ3v) is 6.19. The number of aliphatic hydroxyl groups is 1. The fraction of sp³-hybridized carbons (Fsp3) is 0.692. The SMILES string of the molecule is CC(C)N(C)CCCCNS(=O)(=O)c1ccc(CO)s1. The largest absolute Gasteiger partial charge is 0.391 e. The molecule has 1 rings (SSSR count). The van der Waals surface area contributed by atoms with Crippen molar-refractivity contribution < 1.29 is 13.5 Å². The van der Waals surface area contributed by atoms with Crippen LogP contribution in [0.1, 0.15) is 31.6 Å². The van der Waals surface area contributed by atoms with E-state index in [4.69, 9.17) is 5.11 Å². The lowest BCUT2D eigenvalue weighted by molar-refractivity contribution is 0.268. The zero-order valence-electron chi connectivity index (χ0n) is 12.3. The van der Waals surface area contributed by atoms with Gasteiger partial charge in [-0.1, -0.05) is 0 Å². The molecule has 1 heterocycles. The van der Waals surface area contributed by atoms with E-state index in [9.17, 15) is 8.42 Å². The van der Waals surface area contributed by atoms with Crippen molar-refractivity contribution in [2.75, 3.05) is 20.1 Å². The van der Waals surface area contributed by atoms with Crippen LogP contribution in [0.15, 0.2) is 16.3 Å². The van der Waals surface area contributed by atoms with E-state index in [0.717, 1.165) is 30.7 Å². The molecule has 0 aliphatic heterocycles. The molecular formula is C13H24N2O3S2. The van der Waals surface area contributed by atoms with Crippen LogP contribution < -0.4 is 4.72 Å². The number of unbranched alkanes of at least 4 members (excludes halogenated alkanes) is 1. The van der Waals surface area contributed by atoms with Gasteiger partial charge in [0.15, 0.2) is 0 Å². The van der Waals surface area contributed by atoms with E-state index in [1.807, 2.05) is 0 Å². The van der Waals surface area contributed by atoms with Crippen LogP contribution in [0.4, 0.5) is 0 Å². The van der Waals surface area contributed by atoms with E-state index >= 15 is 0 Å². The van der Waals surface area contributed by atoms with Crippen molar-refractivity contribution in [3.05, 3.63) is 17.0 Å². The van der Waals surface area contributed by atoms with Crippen molar-refractivity contribution in [1.82, 2.24) is 9.62 Å². The Balaban J connectivity index is 2.34. The van der Waals surface area contributed by atoms with E-state index in [1.54, 1.807) is 6.07 Å². The summed E-state index contributed by atoms with van der Waals surface area (Å²) in [5.41, 5.74) is 0. The molecule has 0 amide bonds. The van der Waals surface area contributed by atoms with Gasteiger partial charge in [-0.15, -0.1) is 11.3 Å². The summed E-state index contributed by atoms with van der Waals surface area (Å²) in [4.78, 5) is 2.89. The fourth-order valence-corrected chi connectivity index (χ4v) is 3.94. The first-order chi connectivity index (χ1) is 9.36. The highest BCUT2D eigenvalue weighted by molar-refractivity contribution is 7.91. The molecule has 0 saturated carbocycles. The van der Waals surface area contributed by atoms with Crippen LogP contribution in [-0.2, 0) is 16.6 Å². The summed E-state index contributed by atoms with van der Waals surface area (Å²) in [5, 5.41) is 8.95. The summed E-state index contributed by atoms with van der Waals surface area (Å²) in [6.07, 6.45) is 1.78. The number of nitrogens with one attached hydrogen (secondary N) is 1. The van der Waals surface area contributed by atoms with E-state index < -0.39 is 10.0 Å². The Bertz CT molecular complexity index is 497. The fourth-order valence-electron chi connectivity index (χ4n) is 1.61.